The van der Waals surface area contributed by atoms with E-state index in [4.69, 9.17) is 26.1 Å². The lowest BCUT2D eigenvalue weighted by Gasteiger charge is -2.08. The van der Waals surface area contributed by atoms with Crippen molar-refractivity contribution in [1.82, 2.24) is 19.3 Å². The zero-order valence-electron chi connectivity index (χ0n) is 18.5. The summed E-state index contributed by atoms with van der Waals surface area (Å²) >= 11 is 6.07. The minimum absolute atomic E-state index is 0.155. The highest BCUT2D eigenvalue weighted by Gasteiger charge is 2.17. The van der Waals surface area contributed by atoms with Crippen LogP contribution in [0.5, 0.6) is 5.75 Å². The number of carbonyl (C=O) groups excluding carboxylic acids is 1. The minimum atomic E-state index is -0.549. The predicted molar refractivity (Wildman–Crippen MR) is 127 cm³/mol. The first-order valence-electron chi connectivity index (χ1n) is 10.9. The van der Waals surface area contributed by atoms with Crippen LogP contribution in [0.1, 0.15) is 24.7 Å². The Morgan fingerprint density at radius 3 is 2.91 bits per heavy atom. The average molecular weight is 466 g/mol. The number of aromatic nitrogens is 4. The second kappa shape index (κ2) is 8.78. The van der Waals surface area contributed by atoms with Gasteiger partial charge >= 0.3 is 6.09 Å². The average Bonchev–Trinajstić information content (AvgIpc) is 3.51. The second-order valence-electron chi connectivity index (χ2n) is 7.88. The fourth-order valence-corrected chi connectivity index (χ4v) is 4.37. The van der Waals surface area contributed by atoms with E-state index in [0.29, 0.717) is 28.8 Å². The Morgan fingerprint density at radius 1 is 1.21 bits per heavy atom. The smallest absolute Gasteiger partial charge is 0.413 e. The van der Waals surface area contributed by atoms with Crippen LogP contribution in [-0.2, 0) is 30.9 Å². The summed E-state index contributed by atoms with van der Waals surface area (Å²) in [7, 11) is 1.58. The Morgan fingerprint density at radius 2 is 2.09 bits per heavy atom. The molecule has 5 rings (SSSR count). The lowest BCUT2D eigenvalue weighted by molar-refractivity contribution is 0.155. The maximum absolute atomic E-state index is 12.5. The Hall–Kier alpha value is -3.52. The number of ether oxygens (including phenoxy) is 2. The molecular weight excluding hydrogens is 442 g/mol. The number of methoxy groups -OCH3 is 1. The van der Waals surface area contributed by atoms with Crippen molar-refractivity contribution in [2.24, 2.45) is 0 Å². The fourth-order valence-electron chi connectivity index (χ4n) is 4.21. The molecular formula is C24H24ClN5O3. The third-order valence-corrected chi connectivity index (χ3v) is 6.03. The number of amides is 1. The molecule has 33 heavy (non-hydrogen) atoms. The molecule has 0 fully saturated rings. The van der Waals surface area contributed by atoms with Gasteiger partial charge < -0.3 is 14.0 Å². The van der Waals surface area contributed by atoms with Gasteiger partial charge in [-0.1, -0.05) is 17.7 Å². The van der Waals surface area contributed by atoms with E-state index in [0.717, 1.165) is 47.4 Å². The van der Waals surface area contributed by atoms with Crippen LogP contribution in [0.15, 0.2) is 42.5 Å². The molecule has 2 aromatic carbocycles. The number of nitrogens with one attached hydrogen (secondary N) is 1. The van der Waals surface area contributed by atoms with Gasteiger partial charge in [0.1, 0.15) is 24.0 Å². The molecule has 0 radical (unpaired) electrons. The Labute approximate surface area is 196 Å². The van der Waals surface area contributed by atoms with Crippen molar-refractivity contribution < 1.29 is 14.3 Å². The lowest BCUT2D eigenvalue weighted by Crippen LogP contribution is -2.16. The number of carbonyl (C=O) groups is 1. The van der Waals surface area contributed by atoms with Gasteiger partial charge in [-0.15, -0.1) is 0 Å². The zero-order valence-corrected chi connectivity index (χ0v) is 19.2. The SMILES string of the molecule is CCn1nc(-c2ccc(Cl)cc2OC)cc1NC(=O)OCc1ccc2c(c1)nc1n2CCC1. The van der Waals surface area contributed by atoms with Crippen LogP contribution in [0, 0.1) is 0 Å². The van der Waals surface area contributed by atoms with Gasteiger partial charge in [-0.2, -0.15) is 5.10 Å². The van der Waals surface area contributed by atoms with E-state index < -0.39 is 6.09 Å². The largest absolute Gasteiger partial charge is 0.496 e. The van der Waals surface area contributed by atoms with Crippen molar-refractivity contribution in [3.05, 3.63) is 58.9 Å². The van der Waals surface area contributed by atoms with Gasteiger partial charge in [-0.3, -0.25) is 5.32 Å². The van der Waals surface area contributed by atoms with Gasteiger partial charge in [0.2, 0.25) is 0 Å². The van der Waals surface area contributed by atoms with Crippen molar-refractivity contribution in [3.8, 4) is 17.0 Å². The number of benzene rings is 2. The number of anilines is 1. The highest BCUT2D eigenvalue weighted by atomic mass is 35.5. The standard InChI is InChI=1S/C24H24ClN5O3/c1-3-30-23(13-18(28-30)17-8-7-16(25)12-21(17)32-2)27-24(31)33-14-15-6-9-20-19(11-15)26-22-5-4-10-29(20)22/h6-9,11-13H,3-5,10,14H2,1-2H3,(H,27,31). The van der Waals surface area contributed by atoms with Crippen LogP contribution in [0.3, 0.4) is 0 Å². The molecule has 0 aliphatic carbocycles. The van der Waals surface area contributed by atoms with Crippen molar-refractivity contribution in [2.75, 3.05) is 12.4 Å². The first-order chi connectivity index (χ1) is 16.1. The molecule has 0 saturated carbocycles. The third kappa shape index (κ3) is 4.14. The van der Waals surface area contributed by atoms with Crippen molar-refractivity contribution in [3.63, 3.8) is 0 Å². The van der Waals surface area contributed by atoms with E-state index >= 15 is 0 Å². The summed E-state index contributed by atoms with van der Waals surface area (Å²) in [4.78, 5) is 17.2. The molecule has 8 nitrogen and oxygen atoms in total. The molecule has 170 valence electrons. The third-order valence-electron chi connectivity index (χ3n) is 5.79. The first kappa shape index (κ1) is 21.3. The molecule has 3 heterocycles. The van der Waals surface area contributed by atoms with Gasteiger partial charge in [-0.05, 0) is 49.2 Å². The maximum atomic E-state index is 12.5. The summed E-state index contributed by atoms with van der Waals surface area (Å²) in [5.74, 6) is 2.27. The normalized spacial score (nSPS) is 12.7. The maximum Gasteiger partial charge on any atom is 0.413 e. The highest BCUT2D eigenvalue weighted by molar-refractivity contribution is 6.30. The van der Waals surface area contributed by atoms with Crippen LogP contribution < -0.4 is 10.1 Å². The fraction of sp³-hybridized carbons (Fsp3) is 0.292. The highest BCUT2D eigenvalue weighted by Crippen LogP contribution is 2.33. The quantitative estimate of drug-likeness (QED) is 0.419. The van der Waals surface area contributed by atoms with Crippen LogP contribution >= 0.6 is 11.6 Å². The molecule has 0 unspecified atom stereocenters. The molecule has 1 aliphatic heterocycles. The molecule has 1 amide bonds. The molecule has 9 heteroatoms. The van der Waals surface area contributed by atoms with E-state index in [-0.39, 0.29) is 6.61 Å². The number of aryl methyl sites for hydroxylation is 3. The van der Waals surface area contributed by atoms with Crippen LogP contribution in [-0.4, -0.2) is 32.5 Å². The van der Waals surface area contributed by atoms with E-state index in [2.05, 4.69) is 15.0 Å². The molecule has 0 bridgehead atoms. The molecule has 1 aliphatic rings. The van der Waals surface area contributed by atoms with E-state index in [9.17, 15) is 4.79 Å². The number of fused-ring (bicyclic) bond motifs is 3. The van der Waals surface area contributed by atoms with Gasteiger partial charge in [-0.25, -0.2) is 14.5 Å². The molecule has 1 N–H and O–H groups in total. The Balaban J connectivity index is 1.28. The molecule has 0 saturated heterocycles. The number of hydrogen-bond donors (Lipinski definition) is 1. The van der Waals surface area contributed by atoms with Crippen LogP contribution in [0.25, 0.3) is 22.3 Å². The lowest BCUT2D eigenvalue weighted by atomic mass is 10.1. The zero-order chi connectivity index (χ0) is 22.9. The van der Waals surface area contributed by atoms with E-state index in [1.807, 2.05) is 31.2 Å². The topological polar surface area (TPSA) is 83.2 Å². The van der Waals surface area contributed by atoms with Gasteiger partial charge in [0, 0.05) is 36.2 Å². The number of imidazole rings is 1. The second-order valence-corrected chi connectivity index (χ2v) is 8.32. The monoisotopic (exact) mass is 465 g/mol. The van der Waals surface area contributed by atoms with E-state index in [1.54, 1.807) is 30.0 Å². The summed E-state index contributed by atoms with van der Waals surface area (Å²) < 4.78 is 14.8. The summed E-state index contributed by atoms with van der Waals surface area (Å²) in [5, 5.41) is 7.95. The van der Waals surface area contributed by atoms with Crippen LogP contribution in [0.4, 0.5) is 10.6 Å². The number of nitrogens with zero attached hydrogens (tertiary/aromatic N) is 4. The van der Waals surface area contributed by atoms with Crippen molar-refractivity contribution in [1.29, 1.82) is 0 Å². The first-order valence-corrected chi connectivity index (χ1v) is 11.3. The predicted octanol–water partition coefficient (Wildman–Crippen LogP) is 5.28. The molecule has 2 aromatic heterocycles. The number of hydrogen-bond acceptors (Lipinski definition) is 5. The summed E-state index contributed by atoms with van der Waals surface area (Å²) in [6.45, 7) is 3.69. The Bertz CT molecular complexity index is 1340. The van der Waals surface area contributed by atoms with Gasteiger partial charge in [0.25, 0.3) is 0 Å². The molecule has 0 spiro atoms. The summed E-state index contributed by atoms with van der Waals surface area (Å²) in [5.41, 5.74) is 4.42. The molecule has 0 atom stereocenters. The van der Waals surface area contributed by atoms with Crippen LogP contribution in [0.2, 0.25) is 5.02 Å². The van der Waals surface area contributed by atoms with Gasteiger partial charge in [0.05, 0.1) is 23.8 Å². The van der Waals surface area contributed by atoms with Crippen molar-refractivity contribution >= 4 is 34.5 Å². The summed E-state index contributed by atoms with van der Waals surface area (Å²) in [6.07, 6.45) is 1.61. The minimum Gasteiger partial charge on any atom is -0.496 e. The summed E-state index contributed by atoms with van der Waals surface area (Å²) in [6, 6.07) is 13.1. The van der Waals surface area contributed by atoms with Crippen molar-refractivity contribution in [2.45, 2.75) is 39.5 Å². The Kier molecular flexibility index (Phi) is 5.68. The number of rotatable bonds is 6. The van der Waals surface area contributed by atoms with Gasteiger partial charge in [0.15, 0.2) is 0 Å². The molecule has 4 aromatic rings. The number of halogens is 1. The van der Waals surface area contributed by atoms with E-state index in [1.165, 1.54) is 0 Å².